The van der Waals surface area contributed by atoms with Crippen LogP contribution in [-0.2, 0) is 4.57 Å². The SMILES string of the molecule is NP(N)(=O)n1c(=S)sc2ccccc21. The van der Waals surface area contributed by atoms with Gasteiger partial charge in [0.05, 0.1) is 10.2 Å². The van der Waals surface area contributed by atoms with Gasteiger partial charge in [-0.05, 0) is 24.4 Å². The van der Waals surface area contributed by atoms with Crippen molar-refractivity contribution in [1.29, 1.82) is 0 Å². The lowest BCUT2D eigenvalue weighted by atomic mass is 10.3. The van der Waals surface area contributed by atoms with Gasteiger partial charge in [0.15, 0.2) is 3.95 Å². The molecule has 0 aliphatic heterocycles. The van der Waals surface area contributed by atoms with E-state index in [0.717, 1.165) is 10.2 Å². The average Bonchev–Trinajstić information content (AvgIpc) is 2.38. The Hall–Kier alpha value is -0.520. The van der Waals surface area contributed by atoms with Crippen molar-refractivity contribution >= 4 is 41.4 Å². The number of rotatable bonds is 1. The zero-order valence-electron chi connectivity index (χ0n) is 7.08. The Balaban J connectivity index is 2.96. The van der Waals surface area contributed by atoms with Crippen LogP contribution in [0.1, 0.15) is 0 Å². The average molecular weight is 245 g/mol. The second-order valence-corrected chi connectivity index (χ2v) is 6.24. The fourth-order valence-corrected chi connectivity index (χ4v) is 4.12. The molecule has 7 heteroatoms. The molecule has 0 spiro atoms. The van der Waals surface area contributed by atoms with E-state index in [1.54, 1.807) is 6.07 Å². The fraction of sp³-hybridized carbons (Fsp3) is 0. The van der Waals surface area contributed by atoms with Crippen molar-refractivity contribution in [2.45, 2.75) is 0 Å². The molecule has 0 saturated carbocycles. The highest BCUT2D eigenvalue weighted by atomic mass is 32.1. The highest BCUT2D eigenvalue weighted by Crippen LogP contribution is 2.36. The van der Waals surface area contributed by atoms with Crippen molar-refractivity contribution in [1.82, 2.24) is 4.34 Å². The van der Waals surface area contributed by atoms with Crippen LogP contribution in [0.2, 0.25) is 0 Å². The molecule has 4 N–H and O–H groups in total. The lowest BCUT2D eigenvalue weighted by molar-refractivity contribution is 0.571. The number of hydrogen-bond donors (Lipinski definition) is 2. The molecule has 2 rings (SSSR count). The summed E-state index contributed by atoms with van der Waals surface area (Å²) in [5.41, 5.74) is 11.5. The number of thiazole rings is 1. The number of nitrogens with two attached hydrogens (primary N) is 2. The second kappa shape index (κ2) is 3.25. The largest absolute Gasteiger partial charge is 0.306 e. The van der Waals surface area contributed by atoms with Gasteiger partial charge in [0, 0.05) is 0 Å². The number of aromatic nitrogens is 1. The van der Waals surface area contributed by atoms with Crippen molar-refractivity contribution in [3.8, 4) is 0 Å². The van der Waals surface area contributed by atoms with Crippen molar-refractivity contribution in [3.05, 3.63) is 28.2 Å². The van der Waals surface area contributed by atoms with E-state index in [1.807, 2.05) is 18.2 Å². The molecule has 0 aliphatic rings. The smallest absolute Gasteiger partial charge is 0.264 e. The fourth-order valence-electron chi connectivity index (χ4n) is 1.25. The number of para-hydroxylation sites is 1. The molecule has 4 nitrogen and oxygen atoms in total. The molecule has 0 bridgehead atoms. The van der Waals surface area contributed by atoms with Crippen molar-refractivity contribution in [2.24, 2.45) is 11.0 Å². The number of nitrogens with zero attached hydrogens (tertiary/aromatic N) is 1. The van der Waals surface area contributed by atoms with Crippen LogP contribution in [0.25, 0.3) is 10.2 Å². The van der Waals surface area contributed by atoms with E-state index in [0.29, 0.717) is 3.95 Å². The van der Waals surface area contributed by atoms with Crippen LogP contribution in [0.15, 0.2) is 24.3 Å². The van der Waals surface area contributed by atoms with E-state index in [9.17, 15) is 4.57 Å². The first-order chi connectivity index (χ1) is 6.50. The van der Waals surface area contributed by atoms with Gasteiger partial charge in [-0.15, -0.1) is 11.3 Å². The molecule has 2 aromatic rings. The summed E-state index contributed by atoms with van der Waals surface area (Å²) in [5, 5.41) is 0. The maximum absolute atomic E-state index is 11.6. The molecule has 0 amide bonds. The molecule has 0 unspecified atom stereocenters. The molecule has 0 radical (unpaired) electrons. The van der Waals surface area contributed by atoms with Gasteiger partial charge in [-0.3, -0.25) is 15.6 Å². The van der Waals surface area contributed by atoms with E-state index in [-0.39, 0.29) is 0 Å². The maximum Gasteiger partial charge on any atom is 0.306 e. The van der Waals surface area contributed by atoms with Crippen LogP contribution in [-0.4, -0.2) is 4.34 Å². The van der Waals surface area contributed by atoms with Crippen LogP contribution in [0, 0.1) is 3.95 Å². The topological polar surface area (TPSA) is 74.0 Å². The van der Waals surface area contributed by atoms with Gasteiger partial charge in [0.1, 0.15) is 0 Å². The Kier molecular flexibility index (Phi) is 2.33. The molecule has 0 aliphatic carbocycles. The van der Waals surface area contributed by atoms with E-state index < -0.39 is 7.59 Å². The first kappa shape index (κ1) is 10.0. The molecule has 14 heavy (non-hydrogen) atoms. The Morgan fingerprint density at radius 3 is 2.64 bits per heavy atom. The number of benzene rings is 1. The summed E-state index contributed by atoms with van der Waals surface area (Å²) in [7, 11) is -3.33. The van der Waals surface area contributed by atoms with E-state index in [2.05, 4.69) is 0 Å². The zero-order chi connectivity index (χ0) is 10.3. The predicted octanol–water partition coefficient (Wildman–Crippen LogP) is 2.31. The monoisotopic (exact) mass is 245 g/mol. The number of fused-ring (bicyclic) bond motifs is 1. The first-order valence-corrected chi connectivity index (χ1v) is 6.81. The minimum Gasteiger partial charge on any atom is -0.264 e. The highest BCUT2D eigenvalue weighted by molar-refractivity contribution is 7.74. The minimum absolute atomic E-state index is 0.444. The molecular formula is C7H8N3OPS2. The standard InChI is InChI=1S/C7H8N3OPS2/c8-12(9,11)10-5-3-1-2-4-6(5)14-7(10)13/h1-4H,(H4,8,9,11). The van der Waals surface area contributed by atoms with Gasteiger partial charge in [0.25, 0.3) is 0 Å². The lowest BCUT2D eigenvalue weighted by Gasteiger charge is -2.08. The summed E-state index contributed by atoms with van der Waals surface area (Å²) in [6.07, 6.45) is 0. The van der Waals surface area contributed by atoms with E-state index in [1.165, 1.54) is 15.7 Å². The molecule has 1 aromatic carbocycles. The highest BCUT2D eigenvalue weighted by Gasteiger charge is 2.16. The molecule has 1 heterocycles. The summed E-state index contributed by atoms with van der Waals surface area (Å²) in [5.74, 6) is 0. The summed E-state index contributed by atoms with van der Waals surface area (Å²) in [4.78, 5) is 0. The number of hydrogen-bond acceptors (Lipinski definition) is 3. The maximum atomic E-state index is 11.6. The second-order valence-electron chi connectivity index (χ2n) is 2.82. The van der Waals surface area contributed by atoms with Crippen LogP contribution in [0.3, 0.4) is 0 Å². The summed E-state index contributed by atoms with van der Waals surface area (Å²) in [6, 6.07) is 7.40. The Bertz CT molecular complexity index is 582. The molecule has 0 fully saturated rings. The molecule has 0 saturated heterocycles. The third-order valence-corrected chi connectivity index (χ3v) is 4.44. The van der Waals surface area contributed by atoms with E-state index >= 15 is 0 Å². The quantitative estimate of drug-likeness (QED) is 0.597. The van der Waals surface area contributed by atoms with Crippen molar-refractivity contribution in [2.75, 3.05) is 0 Å². The Morgan fingerprint density at radius 1 is 1.36 bits per heavy atom. The minimum atomic E-state index is -3.33. The summed E-state index contributed by atoms with van der Waals surface area (Å²) in [6.45, 7) is 0. The summed E-state index contributed by atoms with van der Waals surface area (Å²) >= 11 is 6.40. The van der Waals surface area contributed by atoms with Gasteiger partial charge in [-0.25, -0.2) is 4.34 Å². The zero-order valence-corrected chi connectivity index (χ0v) is 9.61. The predicted molar refractivity (Wildman–Crippen MR) is 62.0 cm³/mol. The normalized spacial score (nSPS) is 12.1. The first-order valence-electron chi connectivity index (χ1n) is 3.79. The van der Waals surface area contributed by atoms with Crippen LogP contribution in [0.5, 0.6) is 0 Å². The van der Waals surface area contributed by atoms with Gasteiger partial charge < -0.3 is 0 Å². The van der Waals surface area contributed by atoms with E-state index in [4.69, 9.17) is 23.2 Å². The Morgan fingerprint density at radius 2 is 2.00 bits per heavy atom. The molecular weight excluding hydrogens is 237 g/mol. The van der Waals surface area contributed by atoms with Crippen LogP contribution < -0.4 is 11.0 Å². The van der Waals surface area contributed by atoms with Gasteiger partial charge in [0.2, 0.25) is 0 Å². The molecule has 1 aromatic heterocycles. The summed E-state index contributed by atoms with van der Waals surface area (Å²) < 4.78 is 14.3. The van der Waals surface area contributed by atoms with Crippen molar-refractivity contribution in [3.63, 3.8) is 0 Å². The van der Waals surface area contributed by atoms with Gasteiger partial charge >= 0.3 is 7.59 Å². The van der Waals surface area contributed by atoms with Gasteiger partial charge in [-0.2, -0.15) is 0 Å². The van der Waals surface area contributed by atoms with Gasteiger partial charge in [-0.1, -0.05) is 12.1 Å². The van der Waals surface area contributed by atoms with Crippen LogP contribution in [0.4, 0.5) is 0 Å². The third-order valence-electron chi connectivity index (χ3n) is 1.78. The molecule has 0 atom stereocenters. The van der Waals surface area contributed by atoms with Crippen LogP contribution >= 0.6 is 31.1 Å². The van der Waals surface area contributed by atoms with Crippen molar-refractivity contribution < 1.29 is 4.57 Å². The third kappa shape index (κ3) is 1.55. The molecule has 74 valence electrons. The lowest BCUT2D eigenvalue weighted by Crippen LogP contribution is -2.12. The Labute approximate surface area is 89.7 Å².